The molecule has 0 radical (unpaired) electrons. The molecule has 0 fully saturated rings. The van der Waals surface area contributed by atoms with Gasteiger partial charge in [-0.25, -0.2) is 22.9 Å². The van der Waals surface area contributed by atoms with E-state index < -0.39 is 23.1 Å². The molecule has 2 aromatic heterocycles. The lowest BCUT2D eigenvalue weighted by Crippen LogP contribution is -2.11. The van der Waals surface area contributed by atoms with Crippen molar-refractivity contribution in [3.05, 3.63) is 52.1 Å². The van der Waals surface area contributed by atoms with Gasteiger partial charge in [0.25, 0.3) is 0 Å². The van der Waals surface area contributed by atoms with E-state index in [4.69, 9.17) is 0 Å². The normalized spacial score (nSPS) is 11.2. The molecule has 3 rings (SSSR count). The maximum atomic E-state index is 13.5. The Morgan fingerprint density at radius 1 is 1.14 bits per heavy atom. The lowest BCUT2D eigenvalue weighted by atomic mass is 10.3. The molecule has 0 aliphatic carbocycles. The molecular formula is C12H7F3N4OS. The molecule has 0 unspecified atom stereocenters. The molecule has 3 aromatic rings. The summed E-state index contributed by atoms with van der Waals surface area (Å²) >= 11 is 0.959. The third kappa shape index (κ3) is 2.64. The SMILES string of the molecule is O=c1ncc(F)c(SCc2nc3c(F)c(F)ccc3[nH]2)[nH]1. The minimum atomic E-state index is -1.04. The van der Waals surface area contributed by atoms with Gasteiger partial charge < -0.3 is 4.98 Å². The molecule has 21 heavy (non-hydrogen) atoms. The topological polar surface area (TPSA) is 74.4 Å². The van der Waals surface area contributed by atoms with Crippen molar-refractivity contribution in [2.75, 3.05) is 0 Å². The van der Waals surface area contributed by atoms with Crippen molar-refractivity contribution >= 4 is 22.8 Å². The van der Waals surface area contributed by atoms with Crippen molar-refractivity contribution in [3.63, 3.8) is 0 Å². The van der Waals surface area contributed by atoms with E-state index in [0.717, 1.165) is 24.0 Å². The number of hydrogen-bond donors (Lipinski definition) is 2. The van der Waals surface area contributed by atoms with Gasteiger partial charge in [-0.15, -0.1) is 0 Å². The van der Waals surface area contributed by atoms with E-state index in [0.29, 0.717) is 11.3 Å². The molecule has 0 aliphatic rings. The smallest absolute Gasteiger partial charge is 0.341 e. The monoisotopic (exact) mass is 312 g/mol. The van der Waals surface area contributed by atoms with Gasteiger partial charge in [-0.2, -0.15) is 4.98 Å². The summed E-state index contributed by atoms with van der Waals surface area (Å²) in [5, 5.41) is 0.00195. The average Bonchev–Trinajstić information content (AvgIpc) is 2.88. The quantitative estimate of drug-likeness (QED) is 0.575. The highest BCUT2D eigenvalue weighted by molar-refractivity contribution is 7.98. The summed E-state index contributed by atoms with van der Waals surface area (Å²) in [4.78, 5) is 23.2. The highest BCUT2D eigenvalue weighted by Crippen LogP contribution is 2.23. The Hall–Kier alpha value is -2.29. The van der Waals surface area contributed by atoms with Gasteiger partial charge in [-0.3, -0.25) is 4.98 Å². The van der Waals surface area contributed by atoms with Gasteiger partial charge in [-0.1, -0.05) is 11.8 Å². The van der Waals surface area contributed by atoms with Crippen LogP contribution >= 0.6 is 11.8 Å². The second-order valence-corrected chi connectivity index (χ2v) is 5.08. The fourth-order valence-electron chi connectivity index (χ4n) is 1.75. The van der Waals surface area contributed by atoms with Crippen LogP contribution in [-0.2, 0) is 5.75 Å². The van der Waals surface area contributed by atoms with Crippen molar-refractivity contribution in [3.8, 4) is 0 Å². The Balaban J connectivity index is 1.87. The molecule has 5 nitrogen and oxygen atoms in total. The fraction of sp³-hybridized carbons (Fsp3) is 0.0833. The van der Waals surface area contributed by atoms with E-state index in [1.807, 2.05) is 0 Å². The minimum Gasteiger partial charge on any atom is -0.341 e. The predicted octanol–water partition coefficient (Wildman–Crippen LogP) is 2.36. The number of benzene rings is 1. The second-order valence-electron chi connectivity index (χ2n) is 4.10. The maximum absolute atomic E-state index is 13.5. The zero-order valence-corrected chi connectivity index (χ0v) is 11.1. The summed E-state index contributed by atoms with van der Waals surface area (Å²) in [5.41, 5.74) is -0.445. The zero-order chi connectivity index (χ0) is 15.0. The van der Waals surface area contributed by atoms with E-state index in [1.54, 1.807) is 0 Å². The molecule has 0 spiro atoms. The molecule has 9 heteroatoms. The third-order valence-corrected chi connectivity index (χ3v) is 3.68. The van der Waals surface area contributed by atoms with E-state index in [2.05, 4.69) is 19.9 Å². The van der Waals surface area contributed by atoms with Crippen LogP contribution in [0.5, 0.6) is 0 Å². The third-order valence-electron chi connectivity index (χ3n) is 2.68. The molecule has 0 saturated heterocycles. The summed E-state index contributed by atoms with van der Waals surface area (Å²) in [7, 11) is 0. The van der Waals surface area contributed by atoms with Gasteiger partial charge in [0, 0.05) is 0 Å². The molecule has 108 valence electrons. The number of fused-ring (bicyclic) bond motifs is 1. The largest absolute Gasteiger partial charge is 0.345 e. The highest BCUT2D eigenvalue weighted by atomic mass is 32.2. The maximum Gasteiger partial charge on any atom is 0.345 e. The van der Waals surface area contributed by atoms with Crippen molar-refractivity contribution in [2.24, 2.45) is 0 Å². The number of imidazole rings is 1. The zero-order valence-electron chi connectivity index (χ0n) is 10.3. The van der Waals surface area contributed by atoms with Crippen molar-refractivity contribution < 1.29 is 13.2 Å². The van der Waals surface area contributed by atoms with Crippen LogP contribution in [0.2, 0.25) is 0 Å². The number of thioether (sulfide) groups is 1. The summed E-state index contributed by atoms with van der Waals surface area (Å²) in [6.07, 6.45) is 0.814. The van der Waals surface area contributed by atoms with Gasteiger partial charge in [0.05, 0.1) is 17.5 Å². The van der Waals surface area contributed by atoms with E-state index in [-0.39, 0.29) is 16.3 Å². The van der Waals surface area contributed by atoms with Gasteiger partial charge in [0.15, 0.2) is 17.5 Å². The summed E-state index contributed by atoms with van der Waals surface area (Å²) in [6.45, 7) is 0. The molecule has 1 aromatic carbocycles. The number of halogens is 3. The number of nitrogens with one attached hydrogen (secondary N) is 2. The lowest BCUT2D eigenvalue weighted by Gasteiger charge is -1.99. The number of H-pyrrole nitrogens is 2. The molecule has 0 amide bonds. The molecule has 0 saturated carbocycles. The second kappa shape index (κ2) is 5.24. The first-order valence-corrected chi connectivity index (χ1v) is 6.73. The van der Waals surface area contributed by atoms with Crippen LogP contribution < -0.4 is 5.69 Å². The van der Waals surface area contributed by atoms with Gasteiger partial charge in [-0.05, 0) is 12.1 Å². The van der Waals surface area contributed by atoms with Crippen LogP contribution in [0.15, 0.2) is 28.2 Å². The van der Waals surface area contributed by atoms with Crippen LogP contribution in [-0.4, -0.2) is 19.9 Å². The Labute approximate surface area is 119 Å². The molecule has 0 bridgehead atoms. The fourth-order valence-corrected chi connectivity index (χ4v) is 2.51. The van der Waals surface area contributed by atoms with Gasteiger partial charge in [0.2, 0.25) is 0 Å². The molecule has 0 atom stereocenters. The number of aromatic nitrogens is 4. The standard InChI is InChI=1S/C12H7F3N4OS/c13-5-1-2-7-10(9(5)15)18-8(17-7)4-21-11-6(14)3-16-12(20)19-11/h1-3H,4H2,(H,17,18)(H,16,19,20). The van der Waals surface area contributed by atoms with Crippen LogP contribution in [0, 0.1) is 17.5 Å². The van der Waals surface area contributed by atoms with Crippen molar-refractivity contribution in [2.45, 2.75) is 10.8 Å². The van der Waals surface area contributed by atoms with E-state index in [1.165, 1.54) is 6.07 Å². The Kier molecular flexibility index (Phi) is 3.42. The summed E-state index contributed by atoms with van der Waals surface area (Å²) in [5.74, 6) is -2.22. The van der Waals surface area contributed by atoms with Crippen LogP contribution in [0.25, 0.3) is 11.0 Å². The Morgan fingerprint density at radius 2 is 1.95 bits per heavy atom. The summed E-state index contributed by atoms with van der Waals surface area (Å²) < 4.78 is 40.0. The van der Waals surface area contributed by atoms with E-state index in [9.17, 15) is 18.0 Å². The molecular weight excluding hydrogens is 305 g/mol. The molecule has 0 aliphatic heterocycles. The summed E-state index contributed by atoms with van der Waals surface area (Å²) in [6, 6.07) is 2.36. The van der Waals surface area contributed by atoms with Crippen molar-refractivity contribution in [1.29, 1.82) is 0 Å². The average molecular weight is 312 g/mol. The number of nitrogens with zero attached hydrogens (tertiary/aromatic N) is 2. The lowest BCUT2D eigenvalue weighted by molar-refractivity contribution is 0.515. The van der Waals surface area contributed by atoms with Gasteiger partial charge >= 0.3 is 5.69 Å². The minimum absolute atomic E-state index is 0.00195. The Bertz CT molecular complexity index is 877. The van der Waals surface area contributed by atoms with Gasteiger partial charge in [0.1, 0.15) is 16.4 Å². The number of hydrogen-bond acceptors (Lipinski definition) is 4. The first-order chi connectivity index (χ1) is 10.0. The predicted molar refractivity (Wildman–Crippen MR) is 70.4 cm³/mol. The molecule has 2 N–H and O–H groups in total. The van der Waals surface area contributed by atoms with E-state index >= 15 is 0 Å². The number of aromatic amines is 2. The van der Waals surface area contributed by atoms with Crippen molar-refractivity contribution in [1.82, 2.24) is 19.9 Å². The highest BCUT2D eigenvalue weighted by Gasteiger charge is 2.13. The Morgan fingerprint density at radius 3 is 2.76 bits per heavy atom. The van der Waals surface area contributed by atoms with Crippen LogP contribution in [0.1, 0.15) is 5.82 Å². The van der Waals surface area contributed by atoms with Crippen LogP contribution in [0.3, 0.4) is 0 Å². The number of rotatable bonds is 3. The first kappa shape index (κ1) is 13.7. The van der Waals surface area contributed by atoms with Crippen LogP contribution in [0.4, 0.5) is 13.2 Å². The molecule has 2 heterocycles. The first-order valence-electron chi connectivity index (χ1n) is 5.75.